The van der Waals surface area contributed by atoms with E-state index in [1.807, 2.05) is 0 Å². The van der Waals surface area contributed by atoms with E-state index in [-0.39, 0.29) is 6.10 Å². The molecule has 1 N–H and O–H groups in total. The topological polar surface area (TPSA) is 20.2 Å². The van der Waals surface area contributed by atoms with E-state index < -0.39 is 0 Å². The van der Waals surface area contributed by atoms with Gasteiger partial charge in [-0.05, 0) is 0 Å². The molecule has 0 saturated carbocycles. The van der Waals surface area contributed by atoms with Crippen LogP contribution in [-0.2, 0) is 5.32 Å². The number of rotatable bonds is 12. The fourth-order valence-electron chi connectivity index (χ4n) is 2.29. The molecule has 1 nitrogen and oxygen atoms in total. The summed E-state index contributed by atoms with van der Waals surface area (Å²) in [4.78, 5) is 0. The Morgan fingerprint density at radius 2 is 1.65 bits per heavy atom. The number of aliphatic hydroxyl groups excluding tert-OH is 1. The van der Waals surface area contributed by atoms with Gasteiger partial charge >= 0.3 is 131 Å². The van der Waals surface area contributed by atoms with Crippen molar-refractivity contribution >= 4 is 15.0 Å². The van der Waals surface area contributed by atoms with Crippen LogP contribution in [0.3, 0.4) is 0 Å². The van der Waals surface area contributed by atoms with Gasteiger partial charge in [-0.3, -0.25) is 0 Å². The summed E-state index contributed by atoms with van der Waals surface area (Å²) in [6.45, 7) is 2.25. The van der Waals surface area contributed by atoms with E-state index in [4.69, 9.17) is 0 Å². The summed E-state index contributed by atoms with van der Waals surface area (Å²) in [7, 11) is 0. The molecule has 0 spiro atoms. The van der Waals surface area contributed by atoms with Gasteiger partial charge in [0.1, 0.15) is 0 Å². The third-order valence-corrected chi connectivity index (χ3v) is 5.83. The molecule has 0 aliphatic heterocycles. The first kappa shape index (κ1) is 17.8. The zero-order chi connectivity index (χ0) is 14.5. The summed E-state index contributed by atoms with van der Waals surface area (Å²) < 4.78 is 0. The van der Waals surface area contributed by atoms with Crippen molar-refractivity contribution in [2.75, 3.05) is 0 Å². The normalized spacial score (nSPS) is 12.5. The van der Waals surface area contributed by atoms with Crippen LogP contribution in [-0.4, -0.2) is 26.2 Å². The van der Waals surface area contributed by atoms with Crippen LogP contribution in [0.2, 0.25) is 5.32 Å². The Bertz CT molecular complexity index is 312. The van der Waals surface area contributed by atoms with Crippen molar-refractivity contribution in [3.05, 3.63) is 35.9 Å². The van der Waals surface area contributed by atoms with Crippen molar-refractivity contribution in [1.29, 1.82) is 0 Å². The summed E-state index contributed by atoms with van der Waals surface area (Å²) in [6.07, 6.45) is 9.85. The van der Waals surface area contributed by atoms with E-state index in [1.54, 1.807) is 0 Å². The molecule has 1 atom stereocenters. The minimum atomic E-state index is -0.0566. The van der Waals surface area contributed by atoms with Gasteiger partial charge in [0.05, 0.1) is 0 Å². The molecule has 0 heterocycles. The monoisotopic (exact) mass is 342 g/mol. The molecule has 1 aromatic carbocycles. The Balaban J connectivity index is 1.91. The van der Waals surface area contributed by atoms with Gasteiger partial charge in [0, 0.05) is 0 Å². The fourth-order valence-corrected chi connectivity index (χ4v) is 4.41. The van der Waals surface area contributed by atoms with Crippen molar-refractivity contribution in [2.24, 2.45) is 0 Å². The Kier molecular flexibility index (Phi) is 11.0. The molecule has 0 aliphatic carbocycles. The second-order valence-electron chi connectivity index (χ2n) is 5.54. The van der Waals surface area contributed by atoms with Crippen LogP contribution < -0.4 is 0 Å². The molecule has 0 aliphatic rings. The molecule has 0 bridgehead atoms. The van der Waals surface area contributed by atoms with Gasteiger partial charge in [0.2, 0.25) is 0 Å². The number of aliphatic hydroxyl groups is 1. The standard InChI is InChI=1S/C18H30OSe/c1-2-3-4-5-6-10-13-18(19)14-15-20-16-17-11-8-7-9-12-17/h7-9,11-12,18-19H,2-6,10,13-16H2,1H3. The van der Waals surface area contributed by atoms with Crippen molar-refractivity contribution in [3.8, 4) is 0 Å². The van der Waals surface area contributed by atoms with Gasteiger partial charge in [0.25, 0.3) is 0 Å². The predicted octanol–water partition coefficient (Wildman–Crippen LogP) is 4.81. The first-order chi connectivity index (χ1) is 9.83. The number of hydrogen-bond acceptors (Lipinski definition) is 1. The maximum atomic E-state index is 9.96. The van der Waals surface area contributed by atoms with E-state index in [1.165, 1.54) is 54.7 Å². The first-order valence-corrected chi connectivity index (χ1v) is 10.5. The summed E-state index contributed by atoms with van der Waals surface area (Å²) in [5.41, 5.74) is 1.44. The Morgan fingerprint density at radius 3 is 2.40 bits per heavy atom. The van der Waals surface area contributed by atoms with E-state index in [0.29, 0.717) is 15.0 Å². The Hall–Kier alpha value is -0.301. The predicted molar refractivity (Wildman–Crippen MR) is 89.3 cm³/mol. The second-order valence-corrected chi connectivity index (χ2v) is 7.86. The molecule has 1 aromatic rings. The SMILES string of the molecule is CCCCCCCCC(O)CC[Se]Cc1ccccc1. The summed E-state index contributed by atoms with van der Waals surface area (Å²) in [5, 5.41) is 12.4. The summed E-state index contributed by atoms with van der Waals surface area (Å²) >= 11 is 0.642. The van der Waals surface area contributed by atoms with Crippen LogP contribution in [0.15, 0.2) is 30.3 Å². The van der Waals surface area contributed by atoms with Crippen molar-refractivity contribution in [3.63, 3.8) is 0 Å². The van der Waals surface area contributed by atoms with Crippen molar-refractivity contribution in [1.82, 2.24) is 0 Å². The van der Waals surface area contributed by atoms with Crippen LogP contribution in [0.5, 0.6) is 0 Å². The maximum absolute atomic E-state index is 9.96. The van der Waals surface area contributed by atoms with E-state index >= 15 is 0 Å². The molecular formula is C18H30OSe. The van der Waals surface area contributed by atoms with E-state index in [2.05, 4.69) is 37.3 Å². The van der Waals surface area contributed by atoms with Crippen LogP contribution in [0.1, 0.15) is 63.9 Å². The number of hydrogen-bond donors (Lipinski definition) is 1. The quantitative estimate of drug-likeness (QED) is 0.427. The van der Waals surface area contributed by atoms with Gasteiger partial charge in [0.15, 0.2) is 0 Å². The molecule has 0 saturated heterocycles. The molecule has 1 unspecified atom stereocenters. The molecule has 0 aromatic heterocycles. The molecule has 2 heteroatoms. The third kappa shape index (κ3) is 9.58. The molecule has 0 amide bonds. The van der Waals surface area contributed by atoms with Gasteiger partial charge < -0.3 is 0 Å². The third-order valence-electron chi connectivity index (χ3n) is 3.60. The summed E-state index contributed by atoms with van der Waals surface area (Å²) in [5.74, 6) is 0. The van der Waals surface area contributed by atoms with Gasteiger partial charge in [-0.15, -0.1) is 0 Å². The number of unbranched alkanes of at least 4 members (excludes halogenated alkanes) is 5. The van der Waals surface area contributed by atoms with Crippen LogP contribution in [0.4, 0.5) is 0 Å². The van der Waals surface area contributed by atoms with Crippen LogP contribution in [0, 0.1) is 0 Å². The van der Waals surface area contributed by atoms with E-state index in [9.17, 15) is 5.11 Å². The molecule has 0 radical (unpaired) electrons. The van der Waals surface area contributed by atoms with Crippen molar-refractivity contribution < 1.29 is 5.11 Å². The Morgan fingerprint density at radius 1 is 0.950 bits per heavy atom. The van der Waals surface area contributed by atoms with Gasteiger partial charge in [-0.1, -0.05) is 0 Å². The molecule has 1 rings (SSSR count). The van der Waals surface area contributed by atoms with Crippen LogP contribution in [0.25, 0.3) is 0 Å². The van der Waals surface area contributed by atoms with Crippen LogP contribution >= 0.6 is 0 Å². The summed E-state index contributed by atoms with van der Waals surface area (Å²) in [6, 6.07) is 10.7. The molecule has 114 valence electrons. The molecular weight excluding hydrogens is 311 g/mol. The fraction of sp³-hybridized carbons (Fsp3) is 0.667. The van der Waals surface area contributed by atoms with E-state index in [0.717, 1.165) is 12.8 Å². The molecule has 20 heavy (non-hydrogen) atoms. The minimum absolute atomic E-state index is 0.0566. The zero-order valence-corrected chi connectivity index (χ0v) is 14.6. The average Bonchev–Trinajstić information content (AvgIpc) is 2.48. The van der Waals surface area contributed by atoms with Gasteiger partial charge in [-0.2, -0.15) is 0 Å². The number of benzene rings is 1. The zero-order valence-electron chi connectivity index (χ0n) is 12.9. The Labute approximate surface area is 131 Å². The van der Waals surface area contributed by atoms with Crippen molar-refractivity contribution in [2.45, 2.75) is 75.0 Å². The second kappa shape index (κ2) is 12.4. The average molecular weight is 341 g/mol. The van der Waals surface area contributed by atoms with Gasteiger partial charge in [-0.25, -0.2) is 0 Å². The molecule has 0 fully saturated rings. The first-order valence-electron chi connectivity index (χ1n) is 8.12.